The van der Waals surface area contributed by atoms with Crippen LogP contribution < -0.4 is 0 Å². The molecule has 0 N–H and O–H groups in total. The fourth-order valence-corrected chi connectivity index (χ4v) is 3.01. The third-order valence-electron chi connectivity index (χ3n) is 2.98. The maximum absolute atomic E-state index is 11.9. The molecule has 20 heavy (non-hydrogen) atoms. The molecule has 0 aromatic heterocycles. The number of sulfone groups is 1. The summed E-state index contributed by atoms with van der Waals surface area (Å²) < 4.78 is 23.7. The van der Waals surface area contributed by atoms with E-state index < -0.39 is 15.1 Å². The Bertz CT molecular complexity index is 631. The van der Waals surface area contributed by atoms with Crippen LogP contribution in [0.5, 0.6) is 0 Å². The number of carbonyl (C=O) groups excluding carboxylic acids is 1. The highest BCUT2D eigenvalue weighted by Crippen LogP contribution is 2.25. The van der Waals surface area contributed by atoms with E-state index in [1.807, 2.05) is 13.0 Å². The zero-order chi connectivity index (χ0) is 15.3. The van der Waals surface area contributed by atoms with Gasteiger partial charge < -0.3 is 0 Å². The third-order valence-corrected chi connectivity index (χ3v) is 4.34. The van der Waals surface area contributed by atoms with E-state index >= 15 is 0 Å². The molecule has 3 nitrogen and oxygen atoms in total. The summed E-state index contributed by atoms with van der Waals surface area (Å²) in [5.74, 6) is 0. The summed E-state index contributed by atoms with van der Waals surface area (Å²) in [4.78, 5) is 11.6. The van der Waals surface area contributed by atoms with Crippen molar-refractivity contribution in [2.75, 3.05) is 6.26 Å². The molecule has 0 atom stereocenters. The molecule has 0 saturated heterocycles. The number of hydrogen-bond donors (Lipinski definition) is 0. The van der Waals surface area contributed by atoms with Gasteiger partial charge in [0.1, 0.15) is 0 Å². The van der Waals surface area contributed by atoms with Gasteiger partial charge in [-0.2, -0.15) is 0 Å². The molecule has 0 aliphatic carbocycles. The Morgan fingerprint density at radius 1 is 1.30 bits per heavy atom. The number of benzene rings is 1. The van der Waals surface area contributed by atoms with Crippen LogP contribution in [0.3, 0.4) is 0 Å². The van der Waals surface area contributed by atoms with Crippen LogP contribution in [0.25, 0.3) is 6.08 Å². The van der Waals surface area contributed by atoms with Crippen LogP contribution in [0.2, 0.25) is 0 Å². The van der Waals surface area contributed by atoms with Gasteiger partial charge in [0, 0.05) is 11.8 Å². The van der Waals surface area contributed by atoms with Gasteiger partial charge in [-0.1, -0.05) is 32.4 Å². The lowest BCUT2D eigenvalue weighted by molar-refractivity contribution is 0.108. The minimum Gasteiger partial charge on any atom is -0.276 e. The SMILES string of the molecule is CCC/C=C/c1cc(CC)c(C(=O)Cl)cc1S(C)(=O)=O. The molecule has 0 amide bonds. The van der Waals surface area contributed by atoms with Gasteiger partial charge in [0.25, 0.3) is 5.24 Å². The fourth-order valence-electron chi connectivity index (χ4n) is 1.95. The van der Waals surface area contributed by atoms with Crippen molar-refractivity contribution in [3.8, 4) is 0 Å². The number of allylic oxidation sites excluding steroid dienone is 1. The molecule has 110 valence electrons. The molecule has 0 unspecified atom stereocenters. The molecule has 0 aliphatic heterocycles. The maximum atomic E-state index is 11.9. The number of halogens is 1. The molecular weight excluding hydrogens is 296 g/mol. The molecule has 0 heterocycles. The predicted molar refractivity (Wildman–Crippen MR) is 83.1 cm³/mol. The predicted octanol–water partition coefficient (Wildman–Crippen LogP) is 3.84. The second-order valence-electron chi connectivity index (χ2n) is 4.64. The summed E-state index contributed by atoms with van der Waals surface area (Å²) in [7, 11) is -3.41. The third kappa shape index (κ3) is 4.18. The molecule has 1 aromatic carbocycles. The minimum absolute atomic E-state index is 0.144. The van der Waals surface area contributed by atoms with E-state index in [0.717, 1.165) is 24.7 Å². The van der Waals surface area contributed by atoms with Crippen LogP contribution in [0, 0.1) is 0 Å². The normalized spacial score (nSPS) is 12.0. The Labute approximate surface area is 125 Å². The van der Waals surface area contributed by atoms with Gasteiger partial charge in [0.05, 0.1) is 4.90 Å². The second-order valence-corrected chi connectivity index (χ2v) is 6.97. The lowest BCUT2D eigenvalue weighted by Gasteiger charge is -2.10. The highest BCUT2D eigenvalue weighted by atomic mass is 35.5. The first kappa shape index (κ1) is 16.9. The lowest BCUT2D eigenvalue weighted by atomic mass is 10.0. The summed E-state index contributed by atoms with van der Waals surface area (Å²) in [6.45, 7) is 3.95. The number of aryl methyl sites for hydroxylation is 1. The van der Waals surface area contributed by atoms with Crippen molar-refractivity contribution in [3.05, 3.63) is 34.9 Å². The molecular formula is C15H19ClO3S. The van der Waals surface area contributed by atoms with Crippen LogP contribution in [-0.2, 0) is 16.3 Å². The smallest absolute Gasteiger partial charge is 0.252 e. The first-order valence-corrected chi connectivity index (χ1v) is 8.81. The topological polar surface area (TPSA) is 51.2 Å². The van der Waals surface area contributed by atoms with E-state index in [1.54, 1.807) is 12.1 Å². The second kappa shape index (κ2) is 7.04. The lowest BCUT2D eigenvalue weighted by Crippen LogP contribution is -2.06. The van der Waals surface area contributed by atoms with Gasteiger partial charge in [0.2, 0.25) is 0 Å². The Kier molecular flexibility index (Phi) is 5.96. The van der Waals surface area contributed by atoms with Crippen LogP contribution in [0.1, 0.15) is 48.2 Å². The largest absolute Gasteiger partial charge is 0.276 e. The van der Waals surface area contributed by atoms with Crippen molar-refractivity contribution in [3.63, 3.8) is 0 Å². The Morgan fingerprint density at radius 2 is 1.95 bits per heavy atom. The highest BCUT2D eigenvalue weighted by molar-refractivity contribution is 7.90. The fraction of sp³-hybridized carbons (Fsp3) is 0.400. The molecule has 0 aliphatic rings. The number of carbonyl (C=O) groups is 1. The molecule has 0 radical (unpaired) electrons. The molecule has 1 aromatic rings. The highest BCUT2D eigenvalue weighted by Gasteiger charge is 2.18. The Hall–Kier alpha value is -1.13. The van der Waals surface area contributed by atoms with Crippen LogP contribution >= 0.6 is 11.6 Å². The molecule has 5 heteroatoms. The number of hydrogen-bond acceptors (Lipinski definition) is 3. The van der Waals surface area contributed by atoms with Crippen LogP contribution in [-0.4, -0.2) is 19.9 Å². The van der Waals surface area contributed by atoms with Crippen LogP contribution in [0.15, 0.2) is 23.1 Å². The van der Waals surface area contributed by atoms with Crippen molar-refractivity contribution >= 4 is 32.8 Å². The Balaban J connectivity index is 3.52. The van der Waals surface area contributed by atoms with Gasteiger partial charge in [-0.3, -0.25) is 4.79 Å². The first-order chi connectivity index (χ1) is 9.31. The first-order valence-electron chi connectivity index (χ1n) is 6.54. The number of unbranched alkanes of at least 4 members (excludes halogenated alkanes) is 1. The summed E-state index contributed by atoms with van der Waals surface area (Å²) in [5.41, 5.74) is 1.63. The molecule has 0 spiro atoms. The summed E-state index contributed by atoms with van der Waals surface area (Å²) >= 11 is 5.54. The quantitative estimate of drug-likeness (QED) is 0.749. The van der Waals surface area contributed by atoms with E-state index in [4.69, 9.17) is 11.6 Å². The van der Waals surface area contributed by atoms with E-state index in [9.17, 15) is 13.2 Å². The van der Waals surface area contributed by atoms with E-state index in [-0.39, 0.29) is 10.5 Å². The zero-order valence-electron chi connectivity index (χ0n) is 11.9. The van der Waals surface area contributed by atoms with Crippen molar-refractivity contribution < 1.29 is 13.2 Å². The van der Waals surface area contributed by atoms with Crippen molar-refractivity contribution in [1.82, 2.24) is 0 Å². The maximum Gasteiger partial charge on any atom is 0.252 e. The summed E-state index contributed by atoms with van der Waals surface area (Å²) in [6.07, 6.45) is 7.34. The summed E-state index contributed by atoms with van der Waals surface area (Å²) in [6, 6.07) is 3.12. The molecule has 0 saturated carbocycles. The van der Waals surface area contributed by atoms with E-state index in [1.165, 1.54) is 6.07 Å². The minimum atomic E-state index is -3.41. The monoisotopic (exact) mass is 314 g/mol. The number of rotatable bonds is 6. The van der Waals surface area contributed by atoms with Crippen molar-refractivity contribution in [2.24, 2.45) is 0 Å². The van der Waals surface area contributed by atoms with Gasteiger partial charge in [-0.05, 0) is 47.7 Å². The van der Waals surface area contributed by atoms with E-state index in [2.05, 4.69) is 6.92 Å². The standard InChI is InChI=1S/C15H19ClO3S/c1-4-6-7-8-12-9-11(5-2)13(15(16)17)10-14(12)20(3,18)19/h7-10H,4-6H2,1-3H3/b8-7+. The molecule has 0 bridgehead atoms. The summed E-state index contributed by atoms with van der Waals surface area (Å²) in [5, 5.41) is -0.629. The zero-order valence-corrected chi connectivity index (χ0v) is 13.5. The average Bonchev–Trinajstić information content (AvgIpc) is 2.36. The average molecular weight is 315 g/mol. The van der Waals surface area contributed by atoms with Gasteiger partial charge >= 0.3 is 0 Å². The molecule has 1 rings (SSSR count). The Morgan fingerprint density at radius 3 is 2.40 bits per heavy atom. The van der Waals surface area contributed by atoms with Gasteiger partial charge in [-0.25, -0.2) is 8.42 Å². The van der Waals surface area contributed by atoms with Crippen molar-refractivity contribution in [2.45, 2.75) is 38.0 Å². The van der Waals surface area contributed by atoms with Gasteiger partial charge in [0.15, 0.2) is 9.84 Å². The van der Waals surface area contributed by atoms with E-state index in [0.29, 0.717) is 12.0 Å². The van der Waals surface area contributed by atoms with Crippen LogP contribution in [0.4, 0.5) is 0 Å². The van der Waals surface area contributed by atoms with Crippen molar-refractivity contribution in [1.29, 1.82) is 0 Å². The molecule has 0 fully saturated rings. The van der Waals surface area contributed by atoms with Gasteiger partial charge in [-0.15, -0.1) is 0 Å².